The van der Waals surface area contributed by atoms with E-state index in [1.807, 2.05) is 45.3 Å². The third-order valence-electron chi connectivity index (χ3n) is 4.46. The number of carbonyl (C=O) groups is 1. The number of aryl methyl sites for hydroxylation is 1. The van der Waals surface area contributed by atoms with Gasteiger partial charge in [-0.1, -0.05) is 29.8 Å². The van der Waals surface area contributed by atoms with Crippen molar-refractivity contribution in [3.63, 3.8) is 0 Å². The molecule has 0 fully saturated rings. The first-order valence-corrected chi connectivity index (χ1v) is 9.24. The second kappa shape index (κ2) is 8.61. The lowest BCUT2D eigenvalue weighted by molar-refractivity contribution is -0.122. The Morgan fingerprint density at radius 3 is 2.43 bits per heavy atom. The number of benzene rings is 2. The maximum atomic E-state index is 12.5. The molecule has 2 aromatic carbocycles. The lowest BCUT2D eigenvalue weighted by atomic mass is 10.2. The highest BCUT2D eigenvalue weighted by molar-refractivity contribution is 5.93. The molecular weight excluding hydrogens is 352 g/mol. The van der Waals surface area contributed by atoms with Crippen LogP contribution in [-0.4, -0.2) is 35.9 Å². The number of hydrogen-bond acceptors (Lipinski definition) is 4. The molecule has 3 aromatic rings. The van der Waals surface area contributed by atoms with Crippen LogP contribution in [0.5, 0.6) is 5.75 Å². The van der Waals surface area contributed by atoms with Gasteiger partial charge in [-0.3, -0.25) is 4.79 Å². The summed E-state index contributed by atoms with van der Waals surface area (Å²) in [4.78, 5) is 14.6. The minimum absolute atomic E-state index is 0.217. The number of hydrogen-bond donors (Lipinski definition) is 1. The van der Waals surface area contributed by atoms with E-state index in [0.717, 1.165) is 16.8 Å². The quantitative estimate of drug-likeness (QED) is 0.681. The lowest BCUT2D eigenvalue weighted by Crippen LogP contribution is -2.31. The van der Waals surface area contributed by atoms with Gasteiger partial charge < -0.3 is 15.0 Å². The van der Waals surface area contributed by atoms with Crippen molar-refractivity contribution in [2.75, 3.05) is 24.3 Å². The van der Waals surface area contributed by atoms with Crippen LogP contribution in [0.2, 0.25) is 0 Å². The van der Waals surface area contributed by atoms with Gasteiger partial charge in [0, 0.05) is 25.8 Å². The number of nitrogens with zero attached hydrogens (tertiary/aromatic N) is 3. The molecule has 1 unspecified atom stereocenters. The third kappa shape index (κ3) is 4.91. The predicted molar refractivity (Wildman–Crippen MR) is 112 cm³/mol. The average molecular weight is 378 g/mol. The topological polar surface area (TPSA) is 59.4 Å². The van der Waals surface area contributed by atoms with Crippen LogP contribution in [0.25, 0.3) is 0 Å². The molecule has 146 valence electrons. The van der Waals surface area contributed by atoms with Crippen molar-refractivity contribution < 1.29 is 9.53 Å². The molecule has 28 heavy (non-hydrogen) atoms. The maximum absolute atomic E-state index is 12.5. The molecule has 3 rings (SSSR count). The number of amides is 1. The van der Waals surface area contributed by atoms with Crippen molar-refractivity contribution in [1.29, 1.82) is 0 Å². The van der Waals surface area contributed by atoms with Crippen LogP contribution in [0, 0.1) is 6.92 Å². The van der Waals surface area contributed by atoms with Crippen LogP contribution in [-0.2, 0) is 11.3 Å². The van der Waals surface area contributed by atoms with E-state index in [2.05, 4.69) is 39.6 Å². The van der Waals surface area contributed by atoms with Crippen LogP contribution in [0.3, 0.4) is 0 Å². The van der Waals surface area contributed by atoms with Crippen LogP contribution < -0.4 is 15.0 Å². The Labute approximate surface area is 165 Å². The first kappa shape index (κ1) is 19.5. The second-order valence-corrected chi connectivity index (χ2v) is 7.00. The number of ether oxygens (including phenoxy) is 1. The summed E-state index contributed by atoms with van der Waals surface area (Å²) in [7, 11) is 4.02. The molecule has 1 N–H and O–H groups in total. The van der Waals surface area contributed by atoms with Crippen molar-refractivity contribution in [3.8, 4) is 5.75 Å². The first-order chi connectivity index (χ1) is 13.4. The molecule has 0 bridgehead atoms. The van der Waals surface area contributed by atoms with Gasteiger partial charge in [0.05, 0.1) is 12.7 Å². The van der Waals surface area contributed by atoms with Gasteiger partial charge in [-0.25, -0.2) is 4.68 Å². The second-order valence-electron chi connectivity index (χ2n) is 7.00. The summed E-state index contributed by atoms with van der Waals surface area (Å²) >= 11 is 0. The Balaban J connectivity index is 1.62. The standard InChI is InChI=1S/C22H26N4O2/c1-16-5-11-20(12-6-16)28-17(2)22(27)24-21-13-14-23-26(21)15-18-7-9-19(10-8-18)25(3)4/h5-14,17H,15H2,1-4H3,(H,24,27). The molecule has 0 aliphatic rings. The highest BCUT2D eigenvalue weighted by Crippen LogP contribution is 2.17. The number of rotatable bonds is 7. The molecule has 1 atom stereocenters. The minimum atomic E-state index is -0.620. The molecule has 0 spiro atoms. The fourth-order valence-electron chi connectivity index (χ4n) is 2.74. The summed E-state index contributed by atoms with van der Waals surface area (Å²) in [5.41, 5.74) is 3.39. The predicted octanol–water partition coefficient (Wildman–Crippen LogP) is 3.71. The van der Waals surface area contributed by atoms with Crippen molar-refractivity contribution in [1.82, 2.24) is 9.78 Å². The van der Waals surface area contributed by atoms with Gasteiger partial charge >= 0.3 is 0 Å². The smallest absolute Gasteiger partial charge is 0.266 e. The Kier molecular flexibility index (Phi) is 5.99. The Bertz CT molecular complexity index is 914. The largest absolute Gasteiger partial charge is 0.481 e. The highest BCUT2D eigenvalue weighted by atomic mass is 16.5. The zero-order chi connectivity index (χ0) is 20.1. The van der Waals surface area contributed by atoms with Gasteiger partial charge in [0.1, 0.15) is 11.6 Å². The lowest BCUT2D eigenvalue weighted by Gasteiger charge is -2.16. The van der Waals surface area contributed by atoms with Gasteiger partial charge in [-0.2, -0.15) is 5.10 Å². The van der Waals surface area contributed by atoms with Crippen LogP contribution >= 0.6 is 0 Å². The first-order valence-electron chi connectivity index (χ1n) is 9.24. The SMILES string of the molecule is Cc1ccc(OC(C)C(=O)Nc2ccnn2Cc2ccc(N(C)C)cc2)cc1. The van der Waals surface area contributed by atoms with Gasteiger partial charge in [0.25, 0.3) is 5.91 Å². The summed E-state index contributed by atoms with van der Waals surface area (Å²) in [5.74, 6) is 1.09. The molecule has 1 aromatic heterocycles. The molecule has 1 amide bonds. The van der Waals surface area contributed by atoms with Gasteiger partial charge in [0.15, 0.2) is 6.10 Å². The molecule has 0 saturated heterocycles. The Morgan fingerprint density at radius 2 is 1.79 bits per heavy atom. The van der Waals surface area contributed by atoms with Gasteiger partial charge in [0.2, 0.25) is 0 Å². The van der Waals surface area contributed by atoms with E-state index in [0.29, 0.717) is 18.1 Å². The fourth-order valence-corrected chi connectivity index (χ4v) is 2.74. The molecule has 6 heteroatoms. The zero-order valence-corrected chi connectivity index (χ0v) is 16.7. The Hall–Kier alpha value is -3.28. The van der Waals surface area contributed by atoms with Gasteiger partial charge in [-0.05, 0) is 43.7 Å². The van der Waals surface area contributed by atoms with Crippen molar-refractivity contribution >= 4 is 17.4 Å². The summed E-state index contributed by atoms with van der Waals surface area (Å²) in [6.07, 6.45) is 1.06. The molecule has 6 nitrogen and oxygen atoms in total. The van der Waals surface area contributed by atoms with Crippen LogP contribution in [0.1, 0.15) is 18.1 Å². The van der Waals surface area contributed by atoms with Crippen molar-refractivity contribution in [3.05, 3.63) is 71.9 Å². The normalized spacial score (nSPS) is 11.7. The van der Waals surface area contributed by atoms with Gasteiger partial charge in [-0.15, -0.1) is 0 Å². The molecular formula is C22H26N4O2. The monoisotopic (exact) mass is 378 g/mol. The van der Waals surface area contributed by atoms with Crippen molar-refractivity contribution in [2.45, 2.75) is 26.5 Å². The van der Waals surface area contributed by atoms with E-state index < -0.39 is 6.10 Å². The van der Waals surface area contributed by atoms with E-state index >= 15 is 0 Å². The van der Waals surface area contributed by atoms with E-state index in [1.165, 1.54) is 0 Å². The maximum Gasteiger partial charge on any atom is 0.266 e. The third-order valence-corrected chi connectivity index (χ3v) is 4.46. The average Bonchev–Trinajstić information content (AvgIpc) is 3.10. The van der Waals surface area contributed by atoms with E-state index in [4.69, 9.17) is 4.74 Å². The van der Waals surface area contributed by atoms with E-state index in [1.54, 1.807) is 23.9 Å². The van der Waals surface area contributed by atoms with Crippen molar-refractivity contribution in [2.24, 2.45) is 0 Å². The summed E-state index contributed by atoms with van der Waals surface area (Å²) in [5, 5.41) is 7.23. The van der Waals surface area contributed by atoms with Crippen LogP contribution in [0.15, 0.2) is 60.8 Å². The molecule has 1 heterocycles. The zero-order valence-electron chi connectivity index (χ0n) is 16.7. The Morgan fingerprint density at radius 1 is 1.11 bits per heavy atom. The summed E-state index contributed by atoms with van der Waals surface area (Å²) in [6, 6.07) is 17.7. The molecule has 0 aliphatic heterocycles. The van der Waals surface area contributed by atoms with E-state index in [9.17, 15) is 4.79 Å². The number of anilines is 2. The summed E-state index contributed by atoms with van der Waals surface area (Å²) in [6.45, 7) is 4.31. The highest BCUT2D eigenvalue weighted by Gasteiger charge is 2.17. The van der Waals surface area contributed by atoms with E-state index in [-0.39, 0.29) is 5.91 Å². The molecule has 0 aliphatic carbocycles. The molecule has 0 saturated carbocycles. The van der Waals surface area contributed by atoms with Crippen LogP contribution in [0.4, 0.5) is 11.5 Å². The number of aromatic nitrogens is 2. The summed E-state index contributed by atoms with van der Waals surface area (Å²) < 4.78 is 7.49. The fraction of sp³-hybridized carbons (Fsp3) is 0.273. The minimum Gasteiger partial charge on any atom is -0.481 e. The molecule has 0 radical (unpaired) electrons. The number of nitrogens with one attached hydrogen (secondary N) is 1. The number of carbonyl (C=O) groups excluding carboxylic acids is 1.